The molecule has 2 nitrogen and oxygen atoms in total. The van der Waals surface area contributed by atoms with Gasteiger partial charge in [0.25, 0.3) is 0 Å². The molecule has 0 N–H and O–H groups in total. The Kier molecular flexibility index (Phi) is 7.25. The number of ether oxygens (including phenoxy) is 2. The number of unbranched alkanes of at least 4 members (excludes halogenated alkanes) is 1. The summed E-state index contributed by atoms with van der Waals surface area (Å²) >= 11 is 0. The van der Waals surface area contributed by atoms with E-state index in [9.17, 15) is 0 Å². The lowest BCUT2D eigenvalue weighted by molar-refractivity contribution is -0.0295. The number of methoxy groups -OCH3 is 1. The summed E-state index contributed by atoms with van der Waals surface area (Å²) in [7, 11) is 1.81. The lowest BCUT2D eigenvalue weighted by Gasteiger charge is -2.27. The smallest absolute Gasteiger partial charge is 0.0648 e. The Balaban J connectivity index is 3.61. The van der Waals surface area contributed by atoms with Gasteiger partial charge < -0.3 is 9.47 Å². The van der Waals surface area contributed by atoms with Crippen LogP contribution in [0.15, 0.2) is 0 Å². The average Bonchev–Trinajstić information content (AvgIpc) is 2.28. The quantitative estimate of drug-likeness (QED) is 0.553. The Hall–Kier alpha value is -0.0800. The average molecular weight is 230 g/mol. The van der Waals surface area contributed by atoms with E-state index in [2.05, 4.69) is 34.6 Å². The molecular formula is C14H30O2. The molecule has 0 heterocycles. The summed E-state index contributed by atoms with van der Waals surface area (Å²) in [4.78, 5) is 0. The summed E-state index contributed by atoms with van der Waals surface area (Å²) in [5.41, 5.74) is 0.0928. The number of hydrogen-bond donors (Lipinski definition) is 0. The van der Waals surface area contributed by atoms with Crippen LogP contribution in [0, 0.1) is 0 Å². The van der Waals surface area contributed by atoms with E-state index in [4.69, 9.17) is 9.47 Å². The predicted octanol–water partition coefficient (Wildman–Crippen LogP) is 4.18. The standard InChI is InChI=1S/C14H30O2/c1-7-13(3,4)16-12-10-9-11-14(5,8-2)15-6/h7-12H2,1-6H3. The first kappa shape index (κ1) is 15.9. The van der Waals surface area contributed by atoms with Crippen LogP contribution in [-0.2, 0) is 9.47 Å². The van der Waals surface area contributed by atoms with Crippen LogP contribution in [0.4, 0.5) is 0 Å². The van der Waals surface area contributed by atoms with Gasteiger partial charge in [-0.15, -0.1) is 0 Å². The van der Waals surface area contributed by atoms with Gasteiger partial charge in [0.2, 0.25) is 0 Å². The van der Waals surface area contributed by atoms with E-state index in [1.54, 1.807) is 7.11 Å². The molecule has 0 aliphatic rings. The van der Waals surface area contributed by atoms with Crippen molar-refractivity contribution in [3.63, 3.8) is 0 Å². The third kappa shape index (κ3) is 6.49. The molecule has 0 amide bonds. The van der Waals surface area contributed by atoms with Crippen LogP contribution in [0.5, 0.6) is 0 Å². The van der Waals surface area contributed by atoms with Gasteiger partial charge in [-0.1, -0.05) is 13.8 Å². The van der Waals surface area contributed by atoms with E-state index in [-0.39, 0.29) is 11.2 Å². The zero-order chi connectivity index (χ0) is 12.7. The molecule has 16 heavy (non-hydrogen) atoms. The largest absolute Gasteiger partial charge is 0.379 e. The minimum absolute atomic E-state index is 0.0370. The molecule has 0 aromatic heterocycles. The van der Waals surface area contributed by atoms with E-state index in [1.807, 2.05) is 0 Å². The molecule has 0 aliphatic heterocycles. The minimum atomic E-state index is 0.0370. The first-order chi connectivity index (χ1) is 7.39. The van der Waals surface area contributed by atoms with E-state index in [0.717, 1.165) is 32.3 Å². The van der Waals surface area contributed by atoms with Crippen LogP contribution < -0.4 is 0 Å². The fourth-order valence-electron chi connectivity index (χ4n) is 1.47. The molecule has 0 spiro atoms. The molecule has 1 atom stereocenters. The summed E-state index contributed by atoms with van der Waals surface area (Å²) in [6.07, 6.45) is 5.57. The van der Waals surface area contributed by atoms with Crippen molar-refractivity contribution in [2.45, 2.75) is 77.9 Å². The van der Waals surface area contributed by atoms with Crippen LogP contribution in [0.1, 0.15) is 66.7 Å². The molecule has 0 aliphatic carbocycles. The van der Waals surface area contributed by atoms with Gasteiger partial charge in [-0.25, -0.2) is 0 Å². The Morgan fingerprint density at radius 2 is 1.56 bits per heavy atom. The fourth-order valence-corrected chi connectivity index (χ4v) is 1.47. The third-order valence-corrected chi connectivity index (χ3v) is 3.68. The summed E-state index contributed by atoms with van der Waals surface area (Å²) in [6.45, 7) is 11.7. The highest BCUT2D eigenvalue weighted by atomic mass is 16.5. The van der Waals surface area contributed by atoms with Gasteiger partial charge >= 0.3 is 0 Å². The summed E-state index contributed by atoms with van der Waals surface area (Å²) < 4.78 is 11.3. The fraction of sp³-hybridized carbons (Fsp3) is 1.00. The highest BCUT2D eigenvalue weighted by Gasteiger charge is 2.20. The predicted molar refractivity (Wildman–Crippen MR) is 69.9 cm³/mol. The SMILES string of the molecule is CCC(C)(C)OCCCCC(C)(CC)OC. The monoisotopic (exact) mass is 230 g/mol. The summed E-state index contributed by atoms with van der Waals surface area (Å²) in [5, 5.41) is 0. The maximum Gasteiger partial charge on any atom is 0.0648 e. The zero-order valence-electron chi connectivity index (χ0n) is 12.1. The lowest BCUT2D eigenvalue weighted by Crippen LogP contribution is -2.26. The molecule has 0 saturated heterocycles. The highest BCUT2D eigenvalue weighted by Crippen LogP contribution is 2.22. The molecule has 1 unspecified atom stereocenters. The molecule has 0 radical (unpaired) electrons. The third-order valence-electron chi connectivity index (χ3n) is 3.68. The summed E-state index contributed by atoms with van der Waals surface area (Å²) in [6, 6.07) is 0. The molecule has 98 valence electrons. The Labute approximate surface area is 102 Å². The highest BCUT2D eigenvalue weighted by molar-refractivity contribution is 4.72. The van der Waals surface area contributed by atoms with Gasteiger partial charge in [-0.3, -0.25) is 0 Å². The van der Waals surface area contributed by atoms with Crippen molar-refractivity contribution >= 4 is 0 Å². The maximum absolute atomic E-state index is 5.82. The van der Waals surface area contributed by atoms with Crippen molar-refractivity contribution < 1.29 is 9.47 Å². The van der Waals surface area contributed by atoms with E-state index in [0.29, 0.717) is 0 Å². The van der Waals surface area contributed by atoms with Crippen LogP contribution in [0.3, 0.4) is 0 Å². The van der Waals surface area contributed by atoms with Gasteiger partial charge in [0, 0.05) is 13.7 Å². The minimum Gasteiger partial charge on any atom is -0.379 e. The first-order valence-corrected chi connectivity index (χ1v) is 6.58. The zero-order valence-corrected chi connectivity index (χ0v) is 12.1. The van der Waals surface area contributed by atoms with Crippen molar-refractivity contribution in [2.75, 3.05) is 13.7 Å². The van der Waals surface area contributed by atoms with Gasteiger partial charge in [0.15, 0.2) is 0 Å². The van der Waals surface area contributed by atoms with Crippen molar-refractivity contribution in [3.05, 3.63) is 0 Å². The maximum atomic E-state index is 5.82. The van der Waals surface area contributed by atoms with Gasteiger partial charge in [-0.2, -0.15) is 0 Å². The van der Waals surface area contributed by atoms with E-state index >= 15 is 0 Å². The van der Waals surface area contributed by atoms with Crippen molar-refractivity contribution in [3.8, 4) is 0 Å². The molecule has 0 bridgehead atoms. The Morgan fingerprint density at radius 1 is 0.938 bits per heavy atom. The first-order valence-electron chi connectivity index (χ1n) is 6.58. The van der Waals surface area contributed by atoms with Gasteiger partial charge in [0.1, 0.15) is 0 Å². The number of hydrogen-bond acceptors (Lipinski definition) is 2. The van der Waals surface area contributed by atoms with Crippen molar-refractivity contribution in [2.24, 2.45) is 0 Å². The molecule has 0 fully saturated rings. The van der Waals surface area contributed by atoms with Gasteiger partial charge in [-0.05, 0) is 52.9 Å². The Morgan fingerprint density at radius 3 is 2.00 bits per heavy atom. The second kappa shape index (κ2) is 7.29. The molecule has 0 saturated carbocycles. The van der Waals surface area contributed by atoms with Crippen molar-refractivity contribution in [1.82, 2.24) is 0 Å². The molecule has 2 heteroatoms. The van der Waals surface area contributed by atoms with Crippen molar-refractivity contribution in [1.29, 1.82) is 0 Å². The van der Waals surface area contributed by atoms with Crippen LogP contribution in [-0.4, -0.2) is 24.9 Å². The summed E-state index contributed by atoms with van der Waals surface area (Å²) in [5.74, 6) is 0. The second-order valence-corrected chi connectivity index (χ2v) is 5.43. The van der Waals surface area contributed by atoms with Crippen LogP contribution in [0.2, 0.25) is 0 Å². The molecule has 0 rings (SSSR count). The molecular weight excluding hydrogens is 200 g/mol. The number of rotatable bonds is 9. The lowest BCUT2D eigenvalue weighted by atomic mass is 9.96. The topological polar surface area (TPSA) is 18.5 Å². The molecule has 0 aromatic carbocycles. The van der Waals surface area contributed by atoms with E-state index < -0.39 is 0 Å². The Bertz CT molecular complexity index is 172. The normalized spacial score (nSPS) is 16.1. The van der Waals surface area contributed by atoms with Crippen LogP contribution in [0.25, 0.3) is 0 Å². The second-order valence-electron chi connectivity index (χ2n) is 5.43. The van der Waals surface area contributed by atoms with E-state index in [1.165, 1.54) is 6.42 Å². The van der Waals surface area contributed by atoms with Crippen LogP contribution >= 0.6 is 0 Å². The molecule has 0 aromatic rings. The van der Waals surface area contributed by atoms with Gasteiger partial charge in [0.05, 0.1) is 11.2 Å².